The molecule has 0 saturated carbocycles. The summed E-state index contributed by atoms with van der Waals surface area (Å²) < 4.78 is 6.31. The second-order valence-corrected chi connectivity index (χ2v) is 10.2. The van der Waals surface area contributed by atoms with Crippen molar-refractivity contribution in [2.75, 3.05) is 6.61 Å². The van der Waals surface area contributed by atoms with Crippen molar-refractivity contribution in [1.29, 1.82) is 0 Å². The quantitative estimate of drug-likeness (QED) is 0.239. The number of aliphatic hydroxyl groups is 1. The van der Waals surface area contributed by atoms with Crippen molar-refractivity contribution in [2.24, 2.45) is 17.1 Å². The van der Waals surface area contributed by atoms with Gasteiger partial charge >= 0.3 is 11.9 Å². The number of hydrogen-bond acceptors (Lipinski definition) is 8. The topological polar surface area (TPSA) is 170 Å². The Morgan fingerprint density at radius 3 is 2.31 bits per heavy atom. The van der Waals surface area contributed by atoms with E-state index in [4.69, 9.17) is 10.5 Å². The summed E-state index contributed by atoms with van der Waals surface area (Å²) in [5, 5.41) is 30.0. The molecule has 39 heavy (non-hydrogen) atoms. The highest BCUT2D eigenvalue weighted by atomic mass is 16.5. The number of carboxylic acids is 1. The molecule has 11 nitrogen and oxygen atoms in total. The third-order valence-electron chi connectivity index (χ3n) is 6.54. The average Bonchev–Trinajstić information content (AvgIpc) is 3.41. The number of aromatic nitrogens is 3. The van der Waals surface area contributed by atoms with E-state index in [2.05, 4.69) is 15.6 Å². The molecule has 1 aromatic heterocycles. The van der Waals surface area contributed by atoms with Gasteiger partial charge in [-0.2, -0.15) is 0 Å². The van der Waals surface area contributed by atoms with Crippen LogP contribution in [0.25, 0.3) is 11.1 Å². The van der Waals surface area contributed by atoms with E-state index in [0.717, 1.165) is 16.7 Å². The lowest BCUT2D eigenvalue weighted by Gasteiger charge is -2.28. The van der Waals surface area contributed by atoms with E-state index in [1.807, 2.05) is 54.6 Å². The maximum atomic E-state index is 13.0. The van der Waals surface area contributed by atoms with Crippen LogP contribution in [0.3, 0.4) is 0 Å². The second-order valence-electron chi connectivity index (χ2n) is 10.2. The molecule has 0 saturated heterocycles. The summed E-state index contributed by atoms with van der Waals surface area (Å²) >= 11 is 0. The molecule has 0 radical (unpaired) electrons. The Hall–Kier alpha value is -4.09. The molecular weight excluding hydrogens is 502 g/mol. The van der Waals surface area contributed by atoms with Crippen molar-refractivity contribution in [1.82, 2.24) is 20.3 Å². The lowest BCUT2D eigenvalue weighted by Crippen LogP contribution is -2.44. The molecule has 11 heteroatoms. The van der Waals surface area contributed by atoms with Crippen LogP contribution in [0.5, 0.6) is 0 Å². The number of carbonyl (C=O) groups is 3. The number of rotatable bonds is 13. The SMILES string of the molecule is CC(C)C(N)C(=O)OCn1cc(C(=O)N[C@H](Cc2ccc(-c3ccccc3)cc2)C[C@@](C)(CO)C(=O)O)nn1. The third-order valence-corrected chi connectivity index (χ3v) is 6.54. The van der Waals surface area contributed by atoms with E-state index in [-0.39, 0.29) is 24.8 Å². The van der Waals surface area contributed by atoms with Gasteiger partial charge in [0.1, 0.15) is 6.04 Å². The average molecular weight is 538 g/mol. The third kappa shape index (κ3) is 7.95. The maximum Gasteiger partial charge on any atom is 0.324 e. The predicted octanol–water partition coefficient (Wildman–Crippen LogP) is 2.24. The minimum absolute atomic E-state index is 0.0240. The molecule has 0 bridgehead atoms. The molecule has 3 atom stereocenters. The van der Waals surface area contributed by atoms with Crippen LogP contribution in [0, 0.1) is 11.3 Å². The largest absolute Gasteiger partial charge is 0.481 e. The number of hydrogen-bond donors (Lipinski definition) is 4. The Kier molecular flexibility index (Phi) is 9.91. The Morgan fingerprint density at radius 2 is 1.72 bits per heavy atom. The summed E-state index contributed by atoms with van der Waals surface area (Å²) in [4.78, 5) is 36.9. The lowest BCUT2D eigenvalue weighted by molar-refractivity contribution is -0.151. The van der Waals surface area contributed by atoms with E-state index >= 15 is 0 Å². The highest BCUT2D eigenvalue weighted by molar-refractivity contribution is 5.92. The molecule has 1 amide bonds. The van der Waals surface area contributed by atoms with E-state index < -0.39 is 42.0 Å². The fourth-order valence-corrected chi connectivity index (χ4v) is 3.91. The zero-order chi connectivity index (χ0) is 28.6. The molecule has 208 valence electrons. The van der Waals surface area contributed by atoms with Crippen LogP contribution in [0.4, 0.5) is 0 Å². The number of ether oxygens (including phenoxy) is 1. The van der Waals surface area contributed by atoms with Gasteiger partial charge in [-0.05, 0) is 42.4 Å². The van der Waals surface area contributed by atoms with Crippen LogP contribution >= 0.6 is 0 Å². The maximum absolute atomic E-state index is 13.0. The molecule has 3 aromatic rings. The number of benzene rings is 2. The van der Waals surface area contributed by atoms with Crippen LogP contribution in [0.2, 0.25) is 0 Å². The van der Waals surface area contributed by atoms with Gasteiger partial charge in [0.15, 0.2) is 12.4 Å². The number of esters is 1. The highest BCUT2D eigenvalue weighted by Crippen LogP contribution is 2.26. The molecule has 0 aliphatic heterocycles. The smallest absolute Gasteiger partial charge is 0.324 e. The van der Waals surface area contributed by atoms with Gasteiger partial charge in [-0.25, -0.2) is 4.68 Å². The van der Waals surface area contributed by atoms with Gasteiger partial charge in [0.25, 0.3) is 5.91 Å². The number of amides is 1. The van der Waals surface area contributed by atoms with Gasteiger partial charge in [-0.3, -0.25) is 14.4 Å². The van der Waals surface area contributed by atoms with Crippen LogP contribution in [0.15, 0.2) is 60.8 Å². The van der Waals surface area contributed by atoms with Crippen molar-refractivity contribution in [3.8, 4) is 11.1 Å². The fourth-order valence-electron chi connectivity index (χ4n) is 3.91. The van der Waals surface area contributed by atoms with Crippen molar-refractivity contribution < 1.29 is 29.3 Å². The highest BCUT2D eigenvalue weighted by Gasteiger charge is 2.36. The minimum atomic E-state index is -1.47. The van der Waals surface area contributed by atoms with E-state index in [1.54, 1.807) is 13.8 Å². The number of carboxylic acid groups (broad SMARTS) is 1. The molecule has 1 heterocycles. The Balaban J connectivity index is 1.72. The van der Waals surface area contributed by atoms with Crippen molar-refractivity contribution >= 4 is 17.8 Å². The van der Waals surface area contributed by atoms with Gasteiger partial charge in [-0.15, -0.1) is 5.10 Å². The molecule has 1 unspecified atom stereocenters. The first-order valence-corrected chi connectivity index (χ1v) is 12.6. The molecule has 2 aromatic carbocycles. The first kappa shape index (κ1) is 29.5. The lowest BCUT2D eigenvalue weighted by atomic mass is 9.82. The minimum Gasteiger partial charge on any atom is -0.481 e. The van der Waals surface area contributed by atoms with E-state index in [9.17, 15) is 24.6 Å². The number of nitrogens with two attached hydrogens (primary N) is 1. The van der Waals surface area contributed by atoms with E-state index in [0.29, 0.717) is 6.42 Å². The van der Waals surface area contributed by atoms with E-state index in [1.165, 1.54) is 17.8 Å². The predicted molar refractivity (Wildman–Crippen MR) is 143 cm³/mol. The standard InChI is InChI=1S/C28H35N5O6/c1-18(2)24(29)26(36)39-17-33-15-23(31-32-33)25(35)30-22(14-28(3,16-34)27(37)38)13-19-9-11-21(12-10-19)20-7-5-4-6-8-20/h4-12,15,18,22,24,34H,13-14,16-17,29H2,1-3H3,(H,30,35)(H,37,38)/t22-,24?,28+/m1/s1. The summed E-state index contributed by atoms with van der Waals surface area (Å²) in [7, 11) is 0. The van der Waals surface area contributed by atoms with Crippen molar-refractivity contribution in [2.45, 2.75) is 52.4 Å². The van der Waals surface area contributed by atoms with Gasteiger partial charge in [0.2, 0.25) is 0 Å². The summed E-state index contributed by atoms with van der Waals surface area (Å²) in [6.07, 6.45) is 1.62. The van der Waals surface area contributed by atoms with Crippen molar-refractivity contribution in [3.63, 3.8) is 0 Å². The van der Waals surface area contributed by atoms with Gasteiger partial charge < -0.3 is 26.0 Å². The van der Waals surface area contributed by atoms with Gasteiger partial charge in [0.05, 0.1) is 18.2 Å². The summed E-state index contributed by atoms with van der Waals surface area (Å²) in [5.41, 5.74) is 7.23. The number of nitrogens with one attached hydrogen (secondary N) is 1. The van der Waals surface area contributed by atoms with Crippen LogP contribution in [0.1, 0.15) is 43.2 Å². The first-order chi connectivity index (χ1) is 18.5. The van der Waals surface area contributed by atoms with Gasteiger partial charge in [-0.1, -0.05) is 73.7 Å². The number of carbonyl (C=O) groups excluding carboxylic acids is 2. The monoisotopic (exact) mass is 537 g/mol. The molecule has 5 N–H and O–H groups in total. The van der Waals surface area contributed by atoms with Crippen LogP contribution in [-0.4, -0.2) is 61.7 Å². The van der Waals surface area contributed by atoms with Gasteiger partial charge in [0, 0.05) is 6.04 Å². The van der Waals surface area contributed by atoms with Crippen LogP contribution < -0.4 is 11.1 Å². The van der Waals surface area contributed by atoms with Crippen LogP contribution in [-0.2, 0) is 27.5 Å². The molecule has 3 rings (SSSR count). The normalized spacial score (nSPS) is 14.3. The number of aliphatic hydroxyl groups excluding tert-OH is 1. The number of nitrogens with zero attached hydrogens (tertiary/aromatic N) is 3. The Morgan fingerprint density at radius 1 is 1.08 bits per heavy atom. The van der Waals surface area contributed by atoms with Crippen molar-refractivity contribution in [3.05, 3.63) is 72.1 Å². The zero-order valence-corrected chi connectivity index (χ0v) is 22.3. The summed E-state index contributed by atoms with van der Waals surface area (Å²) in [6.45, 7) is 4.16. The zero-order valence-electron chi connectivity index (χ0n) is 22.3. The molecule has 0 spiro atoms. The Bertz CT molecular complexity index is 1260. The summed E-state index contributed by atoms with van der Waals surface area (Å²) in [6, 6.07) is 16.2. The first-order valence-electron chi connectivity index (χ1n) is 12.6. The summed E-state index contributed by atoms with van der Waals surface area (Å²) in [5.74, 6) is -2.45. The fraction of sp³-hybridized carbons (Fsp3) is 0.393. The molecule has 0 aliphatic carbocycles. The molecular formula is C28H35N5O6. The number of aliphatic carboxylic acids is 1. The molecule has 0 fully saturated rings. The molecule has 0 aliphatic rings. The Labute approximate surface area is 227 Å². The second kappa shape index (κ2) is 13.1.